The zero-order valence-corrected chi connectivity index (χ0v) is 12.9. The number of aldehydes is 1. The molecule has 0 amide bonds. The number of aromatic nitrogens is 1. The van der Waals surface area contributed by atoms with Gasteiger partial charge in [-0.1, -0.05) is 28.1 Å². The highest BCUT2D eigenvalue weighted by Crippen LogP contribution is 2.32. The molecule has 1 heterocycles. The van der Waals surface area contributed by atoms with Gasteiger partial charge in [-0.15, -0.1) is 0 Å². The van der Waals surface area contributed by atoms with E-state index in [4.69, 9.17) is 4.74 Å². The van der Waals surface area contributed by atoms with E-state index in [0.717, 1.165) is 33.0 Å². The third kappa shape index (κ3) is 2.67. The van der Waals surface area contributed by atoms with Crippen molar-refractivity contribution in [1.29, 1.82) is 0 Å². The predicted octanol–water partition coefficient (Wildman–Crippen LogP) is 4.91. The van der Waals surface area contributed by atoms with Crippen molar-refractivity contribution in [3.63, 3.8) is 0 Å². The Morgan fingerprint density at radius 2 is 2.00 bits per heavy atom. The van der Waals surface area contributed by atoms with Gasteiger partial charge in [-0.25, -0.2) is 0 Å². The molecular weight excluding hydrogens is 330 g/mol. The van der Waals surface area contributed by atoms with Gasteiger partial charge in [-0.3, -0.25) is 9.78 Å². The molecule has 0 fully saturated rings. The summed E-state index contributed by atoms with van der Waals surface area (Å²) >= 11 is 3.43. The lowest BCUT2D eigenvalue weighted by Crippen LogP contribution is -1.93. The van der Waals surface area contributed by atoms with E-state index >= 15 is 0 Å². The molecular formula is C17H12BrNO2. The van der Waals surface area contributed by atoms with Gasteiger partial charge in [0.1, 0.15) is 17.8 Å². The number of fused-ring (bicyclic) bond motifs is 1. The van der Waals surface area contributed by atoms with E-state index in [1.54, 1.807) is 12.3 Å². The fourth-order valence-electron chi connectivity index (χ4n) is 2.17. The second-order valence-corrected chi connectivity index (χ2v) is 5.58. The molecule has 104 valence electrons. The van der Waals surface area contributed by atoms with Crippen LogP contribution < -0.4 is 4.74 Å². The average Bonchev–Trinajstić information content (AvgIpc) is 2.49. The highest BCUT2D eigenvalue weighted by molar-refractivity contribution is 9.10. The molecule has 2 aromatic carbocycles. The van der Waals surface area contributed by atoms with Crippen LogP contribution in [-0.2, 0) is 0 Å². The number of benzene rings is 2. The number of ether oxygens (including phenoxy) is 1. The highest BCUT2D eigenvalue weighted by atomic mass is 79.9. The topological polar surface area (TPSA) is 39.2 Å². The smallest absolute Gasteiger partial charge is 0.150 e. The number of pyridine rings is 1. The Bertz CT molecular complexity index is 830. The molecule has 0 N–H and O–H groups in total. The van der Waals surface area contributed by atoms with Gasteiger partial charge in [0.25, 0.3) is 0 Å². The number of hydrogen-bond acceptors (Lipinski definition) is 3. The van der Waals surface area contributed by atoms with Crippen molar-refractivity contribution in [2.75, 3.05) is 0 Å². The van der Waals surface area contributed by atoms with Crippen LogP contribution in [0.1, 0.15) is 15.9 Å². The van der Waals surface area contributed by atoms with Crippen LogP contribution in [0.4, 0.5) is 0 Å². The molecule has 1 aromatic heterocycles. The summed E-state index contributed by atoms with van der Waals surface area (Å²) in [7, 11) is 0. The molecule has 3 rings (SSSR count). The molecule has 0 saturated carbocycles. The van der Waals surface area contributed by atoms with Crippen LogP contribution in [0.15, 0.2) is 53.1 Å². The van der Waals surface area contributed by atoms with E-state index in [2.05, 4.69) is 20.9 Å². The lowest BCUT2D eigenvalue weighted by atomic mass is 10.1. The van der Waals surface area contributed by atoms with Gasteiger partial charge in [0.05, 0.1) is 5.52 Å². The van der Waals surface area contributed by atoms with E-state index in [9.17, 15) is 4.79 Å². The fourth-order valence-corrected chi connectivity index (χ4v) is 2.52. The first kappa shape index (κ1) is 13.8. The van der Waals surface area contributed by atoms with Gasteiger partial charge in [-0.05, 0) is 37.3 Å². The molecule has 0 spiro atoms. The monoisotopic (exact) mass is 341 g/mol. The number of halogens is 1. The molecule has 4 heteroatoms. The third-order valence-electron chi connectivity index (χ3n) is 3.34. The molecule has 0 aliphatic carbocycles. The Balaban J connectivity index is 2.08. The van der Waals surface area contributed by atoms with Gasteiger partial charge < -0.3 is 4.74 Å². The largest absolute Gasteiger partial charge is 0.456 e. The predicted molar refractivity (Wildman–Crippen MR) is 86.1 cm³/mol. The molecule has 0 saturated heterocycles. The maximum Gasteiger partial charge on any atom is 0.150 e. The van der Waals surface area contributed by atoms with Crippen LogP contribution in [0.25, 0.3) is 10.9 Å². The fraction of sp³-hybridized carbons (Fsp3) is 0.0588. The minimum atomic E-state index is 0.633. The van der Waals surface area contributed by atoms with Crippen molar-refractivity contribution < 1.29 is 9.53 Å². The second-order valence-electron chi connectivity index (χ2n) is 4.66. The standard InChI is InChI=1S/C17H12BrNO2/c1-11-12(10-20)3-2-4-16(11)21-17-7-8-19-15-9-13(18)5-6-14(15)17/h2-10H,1H3. The summed E-state index contributed by atoms with van der Waals surface area (Å²) in [6.07, 6.45) is 2.55. The van der Waals surface area contributed by atoms with Crippen molar-refractivity contribution >= 4 is 33.1 Å². The SMILES string of the molecule is Cc1c(C=O)cccc1Oc1ccnc2cc(Br)ccc12. The summed E-state index contributed by atoms with van der Waals surface area (Å²) < 4.78 is 6.96. The lowest BCUT2D eigenvalue weighted by molar-refractivity contribution is 0.112. The molecule has 0 atom stereocenters. The van der Waals surface area contributed by atoms with Gasteiger partial charge in [0.2, 0.25) is 0 Å². The van der Waals surface area contributed by atoms with Gasteiger partial charge in [-0.2, -0.15) is 0 Å². The Hall–Kier alpha value is -2.20. The van der Waals surface area contributed by atoms with Crippen molar-refractivity contribution in [1.82, 2.24) is 4.98 Å². The van der Waals surface area contributed by atoms with Crippen molar-refractivity contribution in [3.05, 3.63) is 64.3 Å². The molecule has 3 aromatic rings. The molecule has 0 aliphatic rings. The van der Waals surface area contributed by atoms with Crippen LogP contribution in [0.3, 0.4) is 0 Å². The summed E-state index contributed by atoms with van der Waals surface area (Å²) in [6.45, 7) is 1.87. The zero-order chi connectivity index (χ0) is 14.8. The molecule has 0 unspecified atom stereocenters. The number of carbonyl (C=O) groups is 1. The Morgan fingerprint density at radius 1 is 1.14 bits per heavy atom. The lowest BCUT2D eigenvalue weighted by Gasteiger charge is -2.12. The van der Waals surface area contributed by atoms with Crippen molar-refractivity contribution in [2.24, 2.45) is 0 Å². The first-order chi connectivity index (χ1) is 10.2. The second kappa shape index (κ2) is 5.66. The number of carbonyl (C=O) groups excluding carboxylic acids is 1. The van der Waals surface area contributed by atoms with Gasteiger partial charge in [0, 0.05) is 27.2 Å². The van der Waals surface area contributed by atoms with Crippen LogP contribution in [-0.4, -0.2) is 11.3 Å². The molecule has 0 radical (unpaired) electrons. The molecule has 3 nitrogen and oxygen atoms in total. The summed E-state index contributed by atoms with van der Waals surface area (Å²) in [4.78, 5) is 15.3. The summed E-state index contributed by atoms with van der Waals surface area (Å²) in [5, 5.41) is 0.927. The maximum atomic E-state index is 11.0. The molecule has 21 heavy (non-hydrogen) atoms. The van der Waals surface area contributed by atoms with Crippen LogP contribution in [0.5, 0.6) is 11.5 Å². The van der Waals surface area contributed by atoms with E-state index in [1.165, 1.54) is 0 Å². The first-order valence-electron chi connectivity index (χ1n) is 6.46. The van der Waals surface area contributed by atoms with Crippen molar-refractivity contribution in [2.45, 2.75) is 6.92 Å². The quantitative estimate of drug-likeness (QED) is 0.635. The van der Waals surface area contributed by atoms with Gasteiger partial charge in [0.15, 0.2) is 0 Å². The summed E-state index contributed by atoms with van der Waals surface area (Å²) in [6, 6.07) is 13.1. The number of nitrogens with zero attached hydrogens (tertiary/aromatic N) is 1. The van der Waals surface area contributed by atoms with E-state index in [1.807, 2.05) is 43.3 Å². The number of hydrogen-bond donors (Lipinski definition) is 0. The van der Waals surface area contributed by atoms with E-state index in [0.29, 0.717) is 11.3 Å². The normalized spacial score (nSPS) is 10.6. The third-order valence-corrected chi connectivity index (χ3v) is 3.83. The number of rotatable bonds is 3. The van der Waals surface area contributed by atoms with Crippen LogP contribution in [0.2, 0.25) is 0 Å². The Morgan fingerprint density at radius 3 is 2.81 bits per heavy atom. The maximum absolute atomic E-state index is 11.0. The average molecular weight is 342 g/mol. The molecule has 0 bridgehead atoms. The Kier molecular flexibility index (Phi) is 3.71. The van der Waals surface area contributed by atoms with E-state index < -0.39 is 0 Å². The minimum absolute atomic E-state index is 0.633. The first-order valence-corrected chi connectivity index (χ1v) is 7.25. The Labute approximate surface area is 130 Å². The zero-order valence-electron chi connectivity index (χ0n) is 11.3. The highest BCUT2D eigenvalue weighted by Gasteiger charge is 2.08. The summed E-state index contributed by atoms with van der Waals surface area (Å²) in [5.41, 5.74) is 2.31. The van der Waals surface area contributed by atoms with Crippen LogP contribution in [0, 0.1) is 6.92 Å². The van der Waals surface area contributed by atoms with E-state index in [-0.39, 0.29) is 0 Å². The summed E-state index contributed by atoms with van der Waals surface area (Å²) in [5.74, 6) is 1.40. The minimum Gasteiger partial charge on any atom is -0.456 e. The molecule has 0 aliphatic heterocycles. The van der Waals surface area contributed by atoms with Crippen molar-refractivity contribution in [3.8, 4) is 11.5 Å². The van der Waals surface area contributed by atoms with Crippen LogP contribution >= 0.6 is 15.9 Å². The van der Waals surface area contributed by atoms with Gasteiger partial charge >= 0.3 is 0 Å².